The van der Waals surface area contributed by atoms with E-state index < -0.39 is 0 Å². The summed E-state index contributed by atoms with van der Waals surface area (Å²) in [5, 5.41) is 2.58. The van der Waals surface area contributed by atoms with Gasteiger partial charge in [-0.3, -0.25) is 0 Å². The molecule has 9 rings (SSSR count). The van der Waals surface area contributed by atoms with E-state index in [2.05, 4.69) is 164 Å². The van der Waals surface area contributed by atoms with Crippen LogP contribution in [0, 0.1) is 0 Å². The molecule has 0 aliphatic carbocycles. The van der Waals surface area contributed by atoms with Gasteiger partial charge in [-0.15, -0.1) is 11.3 Å². The first-order chi connectivity index (χ1) is 24.3. The molecular weight excluding hydrogens is 615 g/mol. The highest BCUT2D eigenvalue weighted by atomic mass is 32.1. The zero-order chi connectivity index (χ0) is 32.6. The lowest BCUT2D eigenvalue weighted by molar-refractivity contribution is 1.07. The van der Waals surface area contributed by atoms with Crippen LogP contribution < -0.4 is 0 Å². The third-order valence-electron chi connectivity index (χ3n) is 8.97. The van der Waals surface area contributed by atoms with Crippen LogP contribution in [0.25, 0.3) is 87.7 Å². The van der Waals surface area contributed by atoms with Crippen molar-refractivity contribution in [3.05, 3.63) is 176 Å². The predicted molar refractivity (Wildman–Crippen MR) is 205 cm³/mol. The fourth-order valence-corrected chi connectivity index (χ4v) is 7.63. The Labute approximate surface area is 288 Å². The molecule has 0 amide bonds. The summed E-state index contributed by atoms with van der Waals surface area (Å²) in [6.45, 7) is 0. The second-order valence-corrected chi connectivity index (χ2v) is 13.1. The van der Waals surface area contributed by atoms with E-state index in [1.54, 1.807) is 0 Å². The smallest absolute Gasteiger partial charge is 0.164 e. The van der Waals surface area contributed by atoms with Gasteiger partial charge in [0.2, 0.25) is 0 Å². The number of benzene rings is 7. The first-order valence-electron chi connectivity index (χ1n) is 16.4. The molecular formula is C45H29N3S. The van der Waals surface area contributed by atoms with Gasteiger partial charge in [-0.05, 0) is 51.6 Å². The highest BCUT2D eigenvalue weighted by molar-refractivity contribution is 7.25. The van der Waals surface area contributed by atoms with Crippen molar-refractivity contribution in [2.75, 3.05) is 0 Å². The predicted octanol–water partition coefficient (Wildman–Crippen LogP) is 12.2. The lowest BCUT2D eigenvalue weighted by Crippen LogP contribution is -2.01. The normalized spacial score (nSPS) is 11.3. The van der Waals surface area contributed by atoms with Gasteiger partial charge in [0, 0.05) is 36.9 Å². The van der Waals surface area contributed by atoms with Crippen molar-refractivity contribution in [2.45, 2.75) is 0 Å². The maximum atomic E-state index is 5.16. The summed E-state index contributed by atoms with van der Waals surface area (Å²) in [5.74, 6) is 1.92. The molecule has 0 N–H and O–H groups in total. The number of fused-ring (bicyclic) bond motifs is 3. The van der Waals surface area contributed by atoms with Crippen molar-refractivity contribution in [2.24, 2.45) is 0 Å². The van der Waals surface area contributed by atoms with Gasteiger partial charge in [0.1, 0.15) is 0 Å². The van der Waals surface area contributed by atoms with Crippen LogP contribution in [0.2, 0.25) is 0 Å². The number of thiophene rings is 1. The van der Waals surface area contributed by atoms with Crippen molar-refractivity contribution < 1.29 is 0 Å². The zero-order valence-electron chi connectivity index (χ0n) is 26.5. The van der Waals surface area contributed by atoms with E-state index >= 15 is 0 Å². The van der Waals surface area contributed by atoms with Gasteiger partial charge in [0.25, 0.3) is 0 Å². The second-order valence-electron chi connectivity index (χ2n) is 12.1. The minimum absolute atomic E-state index is 0.638. The monoisotopic (exact) mass is 643 g/mol. The molecule has 0 atom stereocenters. The van der Waals surface area contributed by atoms with E-state index in [1.807, 2.05) is 23.5 Å². The van der Waals surface area contributed by atoms with Gasteiger partial charge < -0.3 is 0 Å². The minimum atomic E-state index is 0.638. The number of hydrogen-bond donors (Lipinski definition) is 0. The molecule has 230 valence electrons. The molecule has 7 aromatic carbocycles. The Morgan fingerprint density at radius 3 is 1.57 bits per heavy atom. The Balaban J connectivity index is 1.20. The first-order valence-corrected chi connectivity index (χ1v) is 17.2. The molecule has 0 aliphatic heterocycles. The first kappa shape index (κ1) is 29.0. The van der Waals surface area contributed by atoms with Crippen LogP contribution in [0.4, 0.5) is 0 Å². The van der Waals surface area contributed by atoms with Crippen LogP contribution in [-0.4, -0.2) is 15.0 Å². The van der Waals surface area contributed by atoms with E-state index in [4.69, 9.17) is 15.0 Å². The molecule has 0 spiro atoms. The van der Waals surface area contributed by atoms with E-state index in [0.717, 1.165) is 44.5 Å². The quantitative estimate of drug-likeness (QED) is 0.181. The van der Waals surface area contributed by atoms with Crippen LogP contribution in [-0.2, 0) is 0 Å². The molecule has 0 saturated heterocycles. The average Bonchev–Trinajstić information content (AvgIpc) is 3.56. The van der Waals surface area contributed by atoms with Crippen molar-refractivity contribution in [1.82, 2.24) is 15.0 Å². The molecule has 0 bridgehead atoms. The van der Waals surface area contributed by atoms with Crippen molar-refractivity contribution in [1.29, 1.82) is 0 Å². The summed E-state index contributed by atoms with van der Waals surface area (Å²) < 4.78 is 2.56. The Kier molecular flexibility index (Phi) is 7.34. The van der Waals surface area contributed by atoms with Gasteiger partial charge >= 0.3 is 0 Å². The fourth-order valence-electron chi connectivity index (χ4n) is 6.49. The molecule has 0 fully saturated rings. The van der Waals surface area contributed by atoms with Gasteiger partial charge in [-0.25, -0.2) is 15.0 Å². The largest absolute Gasteiger partial charge is 0.208 e. The molecule has 4 heteroatoms. The highest BCUT2D eigenvalue weighted by Crippen LogP contribution is 2.39. The van der Waals surface area contributed by atoms with Crippen LogP contribution in [0.5, 0.6) is 0 Å². The minimum Gasteiger partial charge on any atom is -0.208 e. The Morgan fingerprint density at radius 2 is 0.796 bits per heavy atom. The molecule has 2 aromatic heterocycles. The molecule has 0 aliphatic rings. The number of rotatable bonds is 6. The average molecular weight is 644 g/mol. The van der Waals surface area contributed by atoms with Crippen molar-refractivity contribution in [3.63, 3.8) is 0 Å². The summed E-state index contributed by atoms with van der Waals surface area (Å²) >= 11 is 1.83. The van der Waals surface area contributed by atoms with Crippen LogP contribution in [0.1, 0.15) is 0 Å². The van der Waals surface area contributed by atoms with Crippen LogP contribution >= 0.6 is 11.3 Å². The Morgan fingerprint density at radius 1 is 0.286 bits per heavy atom. The summed E-state index contributed by atoms with van der Waals surface area (Å²) in [5.41, 5.74) is 9.66. The summed E-state index contributed by atoms with van der Waals surface area (Å²) in [6.07, 6.45) is 0. The lowest BCUT2D eigenvalue weighted by atomic mass is 9.98. The number of hydrogen-bond acceptors (Lipinski definition) is 4. The molecule has 0 saturated carbocycles. The molecule has 0 radical (unpaired) electrons. The summed E-state index contributed by atoms with van der Waals surface area (Å²) in [4.78, 5) is 15.4. The lowest BCUT2D eigenvalue weighted by Gasteiger charge is -2.13. The highest BCUT2D eigenvalue weighted by Gasteiger charge is 2.17. The summed E-state index contributed by atoms with van der Waals surface area (Å²) in [6, 6.07) is 61.6. The maximum absolute atomic E-state index is 5.16. The van der Waals surface area contributed by atoms with E-state index in [1.165, 1.54) is 25.7 Å². The molecule has 2 heterocycles. The van der Waals surface area contributed by atoms with Gasteiger partial charge in [-0.1, -0.05) is 158 Å². The molecule has 9 aromatic rings. The van der Waals surface area contributed by atoms with E-state index in [0.29, 0.717) is 17.5 Å². The number of nitrogens with zero attached hydrogens (tertiary/aromatic N) is 3. The van der Waals surface area contributed by atoms with Crippen molar-refractivity contribution in [3.8, 4) is 67.5 Å². The second kappa shape index (κ2) is 12.4. The molecule has 3 nitrogen and oxygen atoms in total. The summed E-state index contributed by atoms with van der Waals surface area (Å²) in [7, 11) is 0. The molecule has 49 heavy (non-hydrogen) atoms. The fraction of sp³-hybridized carbons (Fsp3) is 0. The van der Waals surface area contributed by atoms with Crippen LogP contribution in [0.15, 0.2) is 176 Å². The van der Waals surface area contributed by atoms with E-state index in [-0.39, 0.29) is 0 Å². The van der Waals surface area contributed by atoms with Crippen molar-refractivity contribution >= 4 is 31.5 Å². The Bertz CT molecular complexity index is 2590. The van der Waals surface area contributed by atoms with Gasteiger partial charge in [0.05, 0.1) is 0 Å². The SMILES string of the molecule is c1ccc(-c2ccc(-c3nc(-c4cccc(-c5ccccc5)c4)nc(-c4ccccc4-c4ccc5c(c4)sc4ccccc45)n3)cc2)cc1. The topological polar surface area (TPSA) is 38.7 Å². The maximum Gasteiger partial charge on any atom is 0.164 e. The van der Waals surface area contributed by atoms with Gasteiger partial charge in [-0.2, -0.15) is 0 Å². The third kappa shape index (κ3) is 5.58. The zero-order valence-corrected chi connectivity index (χ0v) is 27.3. The molecule has 0 unspecified atom stereocenters. The number of aromatic nitrogens is 3. The third-order valence-corrected chi connectivity index (χ3v) is 10.1. The van der Waals surface area contributed by atoms with E-state index in [9.17, 15) is 0 Å². The standard InChI is InChI=1S/C45H29N3S/c1-3-12-30(13-4-1)32-22-24-33(25-23-32)43-46-44(36-17-11-16-34(28-36)31-14-5-2-6-15-31)48-45(47-43)40-20-8-7-18-37(40)35-26-27-39-38-19-9-10-21-41(38)49-42(39)29-35/h1-29H. The van der Waals surface area contributed by atoms with Crippen LogP contribution in [0.3, 0.4) is 0 Å². The Hall–Kier alpha value is -6.23. The van der Waals surface area contributed by atoms with Gasteiger partial charge in [0.15, 0.2) is 17.5 Å².